The molecule has 12 heteroatoms. The smallest absolute Gasteiger partial charge is 0.191 e. The molecule has 0 bridgehead atoms. The lowest BCUT2D eigenvalue weighted by molar-refractivity contribution is -0.0629. The van der Waals surface area contributed by atoms with E-state index in [4.69, 9.17) is 9.84 Å². The van der Waals surface area contributed by atoms with Crippen molar-refractivity contribution in [3.8, 4) is 0 Å². The van der Waals surface area contributed by atoms with E-state index >= 15 is 0 Å². The number of aliphatic hydroxyl groups excluding tert-OH is 3. The largest absolute Gasteiger partial charge is 0.394 e. The van der Waals surface area contributed by atoms with Crippen LogP contribution in [-0.2, 0) is 4.74 Å². The first-order valence-electron chi connectivity index (χ1n) is 11.9. The standard InChI is InChI=1S/C23H29FN6O4S/c1-2-8-35-23-26-21(25-15-10-14(15)12-4-3-5-13(24)9-12)18-22(27-23)30(29-28-18)16-11-17(34-7-6-31)20(33)19(16)32/h3-5,9,14-17,19-20,31-33H,2,6-8,10-11H2,1H3,(H,25,26,27)/t14-,15+,16?,17-,19-,20+/m0/s1. The zero-order valence-corrected chi connectivity index (χ0v) is 20.1. The number of fused-ring (bicyclic) bond motifs is 1. The number of aliphatic hydroxyl groups is 3. The molecule has 0 radical (unpaired) electrons. The molecule has 0 amide bonds. The molecule has 2 aliphatic rings. The van der Waals surface area contributed by atoms with Crippen LogP contribution >= 0.6 is 11.8 Å². The number of halogens is 1. The molecule has 0 saturated heterocycles. The van der Waals surface area contributed by atoms with Crippen molar-refractivity contribution in [3.63, 3.8) is 0 Å². The van der Waals surface area contributed by atoms with Crippen molar-refractivity contribution >= 4 is 28.7 Å². The molecule has 0 spiro atoms. The van der Waals surface area contributed by atoms with Gasteiger partial charge in [0.2, 0.25) is 0 Å². The number of thioether (sulfide) groups is 1. The summed E-state index contributed by atoms with van der Waals surface area (Å²) in [6.07, 6.45) is -0.769. The summed E-state index contributed by atoms with van der Waals surface area (Å²) in [7, 11) is 0. The SMILES string of the molecule is CCCSc1nc(N[C@@H]2C[C@H]2c2cccc(F)c2)c2nnn(C3C[C@H](OCCO)[C@@H](O)[C@H]3O)c2n1. The van der Waals surface area contributed by atoms with Crippen molar-refractivity contribution in [1.82, 2.24) is 25.0 Å². The summed E-state index contributed by atoms with van der Waals surface area (Å²) in [6, 6.07) is 6.12. The van der Waals surface area contributed by atoms with Crippen LogP contribution < -0.4 is 5.32 Å². The van der Waals surface area contributed by atoms with Crippen molar-refractivity contribution in [1.29, 1.82) is 0 Å². The summed E-state index contributed by atoms with van der Waals surface area (Å²) in [6.45, 7) is 1.97. The van der Waals surface area contributed by atoms with Crippen LogP contribution in [0.1, 0.15) is 43.7 Å². The topological polar surface area (TPSA) is 138 Å². The van der Waals surface area contributed by atoms with Gasteiger partial charge in [-0.3, -0.25) is 0 Å². The van der Waals surface area contributed by atoms with E-state index in [-0.39, 0.29) is 31.0 Å². The minimum absolute atomic E-state index is 0.0706. The molecule has 10 nitrogen and oxygen atoms in total. The second-order valence-corrected chi connectivity index (χ2v) is 10.0. The fourth-order valence-corrected chi connectivity index (χ4v) is 5.30. The molecule has 188 valence electrons. The Kier molecular flexibility index (Phi) is 7.17. The van der Waals surface area contributed by atoms with Crippen LogP contribution in [0.15, 0.2) is 29.4 Å². The summed E-state index contributed by atoms with van der Waals surface area (Å²) < 4.78 is 20.7. The van der Waals surface area contributed by atoms with E-state index in [0.717, 1.165) is 24.2 Å². The maximum absolute atomic E-state index is 13.7. The van der Waals surface area contributed by atoms with Gasteiger partial charge in [-0.15, -0.1) is 5.10 Å². The van der Waals surface area contributed by atoms with Gasteiger partial charge in [0.1, 0.15) is 18.0 Å². The molecule has 2 aliphatic carbocycles. The van der Waals surface area contributed by atoms with E-state index in [1.807, 2.05) is 6.07 Å². The lowest BCUT2D eigenvalue weighted by Crippen LogP contribution is -2.33. The summed E-state index contributed by atoms with van der Waals surface area (Å²) in [5.74, 6) is 1.31. The zero-order valence-electron chi connectivity index (χ0n) is 19.3. The van der Waals surface area contributed by atoms with E-state index in [1.165, 1.54) is 22.5 Å². The highest BCUT2D eigenvalue weighted by Gasteiger charge is 2.45. The third kappa shape index (κ3) is 4.98. The minimum Gasteiger partial charge on any atom is -0.394 e. The predicted molar refractivity (Wildman–Crippen MR) is 128 cm³/mol. The van der Waals surface area contributed by atoms with Gasteiger partial charge >= 0.3 is 0 Å². The monoisotopic (exact) mass is 504 g/mol. The fourth-order valence-electron chi connectivity index (χ4n) is 4.61. The molecule has 6 atom stereocenters. The van der Waals surface area contributed by atoms with Crippen LogP contribution in [0.2, 0.25) is 0 Å². The number of nitrogens with one attached hydrogen (secondary N) is 1. The van der Waals surface area contributed by atoms with Gasteiger partial charge in [0.15, 0.2) is 22.1 Å². The average Bonchev–Trinajstić information content (AvgIpc) is 3.40. The van der Waals surface area contributed by atoms with E-state index in [1.54, 1.807) is 12.1 Å². The van der Waals surface area contributed by atoms with Crippen molar-refractivity contribution in [2.75, 3.05) is 24.3 Å². The number of hydrogen-bond acceptors (Lipinski definition) is 10. The van der Waals surface area contributed by atoms with Crippen molar-refractivity contribution < 1.29 is 24.4 Å². The minimum atomic E-state index is -1.12. The van der Waals surface area contributed by atoms with Crippen LogP contribution in [0, 0.1) is 5.82 Å². The molecule has 0 aliphatic heterocycles. The maximum atomic E-state index is 13.7. The molecule has 4 N–H and O–H groups in total. The number of ether oxygens (including phenoxy) is 1. The number of aromatic nitrogens is 5. The van der Waals surface area contributed by atoms with Gasteiger partial charge in [-0.1, -0.05) is 36.0 Å². The van der Waals surface area contributed by atoms with Gasteiger partial charge in [0.25, 0.3) is 0 Å². The molecule has 2 saturated carbocycles. The molecule has 1 aromatic carbocycles. The molecular formula is C23H29FN6O4S. The molecular weight excluding hydrogens is 475 g/mol. The van der Waals surface area contributed by atoms with Crippen LogP contribution in [0.5, 0.6) is 0 Å². The highest BCUT2D eigenvalue weighted by atomic mass is 32.2. The Labute approximate surface area is 205 Å². The second-order valence-electron chi connectivity index (χ2n) is 8.97. The Bertz CT molecular complexity index is 1180. The first-order chi connectivity index (χ1) is 17.0. The zero-order chi connectivity index (χ0) is 24.5. The van der Waals surface area contributed by atoms with Crippen LogP contribution in [-0.4, -0.2) is 83.6 Å². The Morgan fingerprint density at radius 1 is 1.23 bits per heavy atom. The number of benzene rings is 1. The third-order valence-electron chi connectivity index (χ3n) is 6.46. The highest BCUT2D eigenvalue weighted by molar-refractivity contribution is 7.99. The molecule has 2 aromatic heterocycles. The molecule has 35 heavy (non-hydrogen) atoms. The number of anilines is 1. The Hall–Kier alpha value is -2.38. The maximum Gasteiger partial charge on any atom is 0.191 e. The Morgan fingerprint density at radius 2 is 2.09 bits per heavy atom. The summed E-state index contributed by atoms with van der Waals surface area (Å²) in [5, 5.41) is 42.8. The molecule has 2 fully saturated rings. The summed E-state index contributed by atoms with van der Waals surface area (Å²) >= 11 is 1.52. The van der Waals surface area contributed by atoms with E-state index in [9.17, 15) is 14.6 Å². The summed E-state index contributed by atoms with van der Waals surface area (Å²) in [5.41, 5.74) is 1.87. The Morgan fingerprint density at radius 3 is 2.86 bits per heavy atom. The lowest BCUT2D eigenvalue weighted by atomic mass is 10.1. The molecule has 1 unspecified atom stereocenters. The van der Waals surface area contributed by atoms with Crippen LogP contribution in [0.3, 0.4) is 0 Å². The Balaban J connectivity index is 1.43. The van der Waals surface area contributed by atoms with Crippen LogP contribution in [0.4, 0.5) is 10.2 Å². The van der Waals surface area contributed by atoms with Crippen molar-refractivity contribution in [2.24, 2.45) is 0 Å². The normalized spacial score (nSPS) is 28.0. The van der Waals surface area contributed by atoms with Gasteiger partial charge in [-0.05, 0) is 30.5 Å². The fraction of sp³-hybridized carbons (Fsp3) is 0.565. The van der Waals surface area contributed by atoms with Crippen molar-refractivity contribution in [3.05, 3.63) is 35.6 Å². The quantitative estimate of drug-likeness (QED) is 0.239. The van der Waals surface area contributed by atoms with Gasteiger partial charge in [0.05, 0.1) is 25.4 Å². The summed E-state index contributed by atoms with van der Waals surface area (Å²) in [4.78, 5) is 9.35. The van der Waals surface area contributed by atoms with E-state index in [2.05, 4.69) is 32.5 Å². The number of hydrogen-bond donors (Lipinski definition) is 4. The van der Waals surface area contributed by atoms with Gasteiger partial charge in [0, 0.05) is 24.1 Å². The van der Waals surface area contributed by atoms with E-state index < -0.39 is 24.4 Å². The van der Waals surface area contributed by atoms with Crippen LogP contribution in [0.25, 0.3) is 11.2 Å². The van der Waals surface area contributed by atoms with Gasteiger partial charge in [-0.2, -0.15) is 0 Å². The first-order valence-corrected chi connectivity index (χ1v) is 12.8. The third-order valence-corrected chi connectivity index (χ3v) is 7.52. The molecule has 2 heterocycles. The number of nitrogens with zero attached hydrogens (tertiary/aromatic N) is 5. The average molecular weight is 505 g/mol. The van der Waals surface area contributed by atoms with Crippen molar-refractivity contribution in [2.45, 2.75) is 67.7 Å². The molecule has 3 aromatic rings. The van der Waals surface area contributed by atoms with Gasteiger partial charge < -0.3 is 25.4 Å². The van der Waals surface area contributed by atoms with Gasteiger partial charge in [-0.25, -0.2) is 19.0 Å². The number of rotatable bonds is 10. The van der Waals surface area contributed by atoms with E-state index in [0.29, 0.717) is 28.6 Å². The lowest BCUT2D eigenvalue weighted by Gasteiger charge is -2.17. The first kappa shape index (κ1) is 24.3. The highest BCUT2D eigenvalue weighted by Crippen LogP contribution is 2.44. The second kappa shape index (κ2) is 10.3. The molecule has 5 rings (SSSR count). The predicted octanol–water partition coefficient (Wildman–Crippen LogP) is 1.87.